The first-order valence-corrected chi connectivity index (χ1v) is 8.97. The molecule has 23 heavy (non-hydrogen) atoms. The number of amides is 1. The Labute approximate surface area is 143 Å². The molecule has 0 bridgehead atoms. The molecule has 0 aromatic heterocycles. The van der Waals surface area contributed by atoms with Crippen LogP contribution < -0.4 is 10.1 Å². The smallest absolute Gasteiger partial charge is 0.225 e. The van der Waals surface area contributed by atoms with E-state index in [4.69, 9.17) is 16.3 Å². The molecule has 0 aliphatic carbocycles. The number of carbonyl (C=O) groups excluding carboxylic acids is 1. The highest BCUT2D eigenvalue weighted by atomic mass is 35.5. The molecule has 0 saturated carbocycles. The van der Waals surface area contributed by atoms with Crippen LogP contribution in [0.3, 0.4) is 0 Å². The average Bonchev–Trinajstić information content (AvgIpc) is 2.54. The highest BCUT2D eigenvalue weighted by Gasteiger charge is 2.11. The third-order valence-electron chi connectivity index (χ3n) is 3.17. The van der Waals surface area contributed by atoms with Crippen LogP contribution in [0.25, 0.3) is 0 Å². The van der Waals surface area contributed by atoms with Crippen molar-refractivity contribution in [2.24, 2.45) is 0 Å². The standard InChI is InChI=1S/C17H18ClNO3S/c1-22-16-8-7-14(18)11-13(16)12-23(21)10-9-17(20)19-15-5-3-2-4-6-15/h2-8,11H,9-10,12H2,1H3,(H,19,20)/t23-/m0/s1. The Hall–Kier alpha value is -1.85. The fourth-order valence-electron chi connectivity index (χ4n) is 2.06. The molecule has 0 fully saturated rings. The molecule has 6 heteroatoms. The van der Waals surface area contributed by atoms with E-state index < -0.39 is 10.8 Å². The number of hydrogen-bond donors (Lipinski definition) is 1. The lowest BCUT2D eigenvalue weighted by molar-refractivity contribution is -0.115. The second kappa shape index (κ2) is 8.70. The predicted molar refractivity (Wildman–Crippen MR) is 94.4 cm³/mol. The minimum Gasteiger partial charge on any atom is -0.496 e. The molecule has 0 spiro atoms. The second-order valence-corrected chi connectivity index (χ2v) is 6.92. The summed E-state index contributed by atoms with van der Waals surface area (Å²) < 4.78 is 17.4. The average molecular weight is 352 g/mol. The van der Waals surface area contributed by atoms with E-state index in [1.54, 1.807) is 25.3 Å². The summed E-state index contributed by atoms with van der Waals surface area (Å²) >= 11 is 5.96. The van der Waals surface area contributed by atoms with Gasteiger partial charge in [-0.2, -0.15) is 0 Å². The van der Waals surface area contributed by atoms with Crippen molar-refractivity contribution in [3.05, 3.63) is 59.1 Å². The van der Waals surface area contributed by atoms with Crippen molar-refractivity contribution < 1.29 is 13.7 Å². The molecule has 2 rings (SSSR count). The van der Waals surface area contributed by atoms with Gasteiger partial charge in [0.2, 0.25) is 5.91 Å². The lowest BCUT2D eigenvalue weighted by atomic mass is 10.2. The Morgan fingerprint density at radius 2 is 1.96 bits per heavy atom. The minimum atomic E-state index is -1.17. The predicted octanol–water partition coefficient (Wildman–Crippen LogP) is 3.63. The molecule has 1 atom stereocenters. The molecular formula is C17H18ClNO3S. The van der Waals surface area contributed by atoms with Crippen molar-refractivity contribution in [1.82, 2.24) is 0 Å². The van der Waals surface area contributed by atoms with Gasteiger partial charge < -0.3 is 10.1 Å². The maximum Gasteiger partial charge on any atom is 0.225 e. The van der Waals surface area contributed by atoms with E-state index >= 15 is 0 Å². The first kappa shape index (κ1) is 17.5. The molecule has 0 saturated heterocycles. The summed E-state index contributed by atoms with van der Waals surface area (Å²) in [6.45, 7) is 0. The van der Waals surface area contributed by atoms with Gasteiger partial charge in [-0.3, -0.25) is 9.00 Å². The Morgan fingerprint density at radius 1 is 1.22 bits per heavy atom. The van der Waals surface area contributed by atoms with Gasteiger partial charge in [-0.1, -0.05) is 29.8 Å². The van der Waals surface area contributed by atoms with E-state index in [1.165, 1.54) is 0 Å². The van der Waals surface area contributed by atoms with Gasteiger partial charge in [0.05, 0.1) is 12.9 Å². The van der Waals surface area contributed by atoms with Gasteiger partial charge in [0.25, 0.3) is 0 Å². The Kier molecular flexibility index (Phi) is 6.62. The molecule has 4 nitrogen and oxygen atoms in total. The number of hydrogen-bond acceptors (Lipinski definition) is 3. The van der Waals surface area contributed by atoms with Crippen LogP contribution in [0, 0.1) is 0 Å². The molecule has 0 heterocycles. The van der Waals surface area contributed by atoms with Gasteiger partial charge in [-0.05, 0) is 30.3 Å². The molecule has 1 N–H and O–H groups in total. The number of halogens is 1. The number of methoxy groups -OCH3 is 1. The highest BCUT2D eigenvalue weighted by Crippen LogP contribution is 2.24. The number of rotatable bonds is 7. The lowest BCUT2D eigenvalue weighted by Gasteiger charge is -2.09. The zero-order chi connectivity index (χ0) is 16.7. The van der Waals surface area contributed by atoms with E-state index in [2.05, 4.69) is 5.32 Å². The fourth-order valence-corrected chi connectivity index (χ4v) is 3.38. The first-order chi connectivity index (χ1) is 11.1. The summed E-state index contributed by atoms with van der Waals surface area (Å²) in [6, 6.07) is 14.4. The molecule has 122 valence electrons. The van der Waals surface area contributed by atoms with Crippen LogP contribution in [-0.2, 0) is 21.3 Å². The molecule has 1 amide bonds. The van der Waals surface area contributed by atoms with E-state index in [9.17, 15) is 9.00 Å². The van der Waals surface area contributed by atoms with E-state index in [-0.39, 0.29) is 18.1 Å². The van der Waals surface area contributed by atoms with E-state index in [0.29, 0.717) is 16.5 Å². The number of benzene rings is 2. The highest BCUT2D eigenvalue weighted by molar-refractivity contribution is 7.84. The van der Waals surface area contributed by atoms with Crippen molar-refractivity contribution in [2.45, 2.75) is 12.2 Å². The topological polar surface area (TPSA) is 55.4 Å². The lowest BCUT2D eigenvalue weighted by Crippen LogP contribution is -2.15. The zero-order valence-corrected chi connectivity index (χ0v) is 14.3. The maximum atomic E-state index is 12.2. The number of carbonyl (C=O) groups is 1. The second-order valence-electron chi connectivity index (χ2n) is 4.91. The molecule has 0 aliphatic heterocycles. The molecule has 2 aromatic rings. The largest absolute Gasteiger partial charge is 0.496 e. The van der Waals surface area contributed by atoms with Crippen molar-refractivity contribution in [3.63, 3.8) is 0 Å². The zero-order valence-electron chi connectivity index (χ0n) is 12.8. The third-order valence-corrected chi connectivity index (χ3v) is 4.70. The summed E-state index contributed by atoms with van der Waals surface area (Å²) in [5.41, 5.74) is 1.52. The van der Waals surface area contributed by atoms with Crippen LogP contribution in [0.5, 0.6) is 5.75 Å². The first-order valence-electron chi connectivity index (χ1n) is 7.11. The summed E-state index contributed by atoms with van der Waals surface area (Å²) in [7, 11) is 0.389. The van der Waals surface area contributed by atoms with Crippen molar-refractivity contribution in [3.8, 4) is 5.75 Å². The van der Waals surface area contributed by atoms with Crippen LogP contribution in [-0.4, -0.2) is 23.0 Å². The maximum absolute atomic E-state index is 12.2. The Balaban J connectivity index is 1.85. The van der Waals surface area contributed by atoms with Crippen molar-refractivity contribution in [2.75, 3.05) is 18.2 Å². The van der Waals surface area contributed by atoms with Crippen molar-refractivity contribution in [1.29, 1.82) is 0 Å². The van der Waals surface area contributed by atoms with Gasteiger partial charge >= 0.3 is 0 Å². The molecule has 0 aliphatic rings. The van der Waals surface area contributed by atoms with Gasteiger partial charge in [0.15, 0.2) is 0 Å². The van der Waals surface area contributed by atoms with Gasteiger partial charge in [-0.15, -0.1) is 0 Å². The minimum absolute atomic E-state index is 0.150. The van der Waals surface area contributed by atoms with Gasteiger partial charge in [-0.25, -0.2) is 0 Å². The van der Waals surface area contributed by atoms with Gasteiger partial charge in [0.1, 0.15) is 5.75 Å². The van der Waals surface area contributed by atoms with E-state index in [0.717, 1.165) is 11.3 Å². The van der Waals surface area contributed by atoms with Crippen LogP contribution in [0.1, 0.15) is 12.0 Å². The number of para-hydroxylation sites is 1. The summed E-state index contributed by atoms with van der Waals surface area (Å²) in [4.78, 5) is 11.9. The SMILES string of the molecule is COc1ccc(Cl)cc1C[S@@](=O)CCC(=O)Nc1ccccc1. The van der Waals surface area contributed by atoms with Crippen LogP contribution >= 0.6 is 11.6 Å². The van der Waals surface area contributed by atoms with Crippen molar-refractivity contribution >= 4 is 34.0 Å². The third kappa shape index (κ3) is 5.69. The summed E-state index contributed by atoms with van der Waals surface area (Å²) in [5, 5.41) is 3.34. The molecule has 0 unspecified atom stereocenters. The molecule has 0 radical (unpaired) electrons. The quantitative estimate of drug-likeness (QED) is 0.828. The molecule has 2 aromatic carbocycles. The number of nitrogens with one attached hydrogen (secondary N) is 1. The summed E-state index contributed by atoms with van der Waals surface area (Å²) in [5.74, 6) is 1.09. The normalized spacial score (nSPS) is 11.7. The molecular weight excluding hydrogens is 334 g/mol. The fraction of sp³-hybridized carbons (Fsp3) is 0.235. The van der Waals surface area contributed by atoms with Crippen LogP contribution in [0.2, 0.25) is 5.02 Å². The van der Waals surface area contributed by atoms with E-state index in [1.807, 2.05) is 30.3 Å². The monoisotopic (exact) mass is 351 g/mol. The van der Waals surface area contributed by atoms with Crippen LogP contribution in [0.15, 0.2) is 48.5 Å². The van der Waals surface area contributed by atoms with Gasteiger partial charge in [0, 0.05) is 39.2 Å². The number of anilines is 1. The summed E-state index contributed by atoms with van der Waals surface area (Å²) in [6.07, 6.45) is 0.199. The van der Waals surface area contributed by atoms with Crippen LogP contribution in [0.4, 0.5) is 5.69 Å². The Morgan fingerprint density at radius 3 is 2.65 bits per heavy atom. The number of ether oxygens (including phenoxy) is 1. The Bertz CT molecular complexity index is 691.